The molecule has 1 aromatic carbocycles. The fourth-order valence-corrected chi connectivity index (χ4v) is 3.03. The maximum absolute atomic E-state index is 12.3. The number of nitrogens with zero attached hydrogens (tertiary/aromatic N) is 1. The van der Waals surface area contributed by atoms with Gasteiger partial charge in [0.1, 0.15) is 16.3 Å². The number of aromatic nitrogens is 2. The lowest BCUT2D eigenvalue weighted by molar-refractivity contribution is 0.187. The van der Waals surface area contributed by atoms with Crippen molar-refractivity contribution in [2.24, 2.45) is 0 Å². The molecule has 0 fully saturated rings. The molecular formula is C17H17N3O4S. The minimum absolute atomic E-state index is 0.206. The fourth-order valence-electron chi connectivity index (χ4n) is 2.30. The number of rotatable bonds is 5. The van der Waals surface area contributed by atoms with E-state index in [0.29, 0.717) is 39.6 Å². The largest absolute Gasteiger partial charge is 0.493 e. The van der Waals surface area contributed by atoms with Gasteiger partial charge in [0.25, 0.3) is 5.56 Å². The summed E-state index contributed by atoms with van der Waals surface area (Å²) in [4.78, 5) is 31.0. The number of anilines is 1. The number of carbonyl (C=O) groups excluding carboxylic acids is 1. The summed E-state index contributed by atoms with van der Waals surface area (Å²) in [7, 11) is 1.29. The molecule has 0 aliphatic rings. The van der Waals surface area contributed by atoms with Crippen molar-refractivity contribution in [3.63, 3.8) is 0 Å². The number of fused-ring (bicyclic) bond motifs is 1. The van der Waals surface area contributed by atoms with E-state index in [0.717, 1.165) is 6.42 Å². The second-order valence-electron chi connectivity index (χ2n) is 5.23. The molecule has 2 N–H and O–H groups in total. The van der Waals surface area contributed by atoms with E-state index in [1.807, 2.05) is 12.3 Å². The summed E-state index contributed by atoms with van der Waals surface area (Å²) in [5.74, 6) is 0.963. The third-order valence-electron chi connectivity index (χ3n) is 3.44. The average molecular weight is 359 g/mol. The van der Waals surface area contributed by atoms with Crippen LogP contribution in [0.15, 0.2) is 34.4 Å². The maximum Gasteiger partial charge on any atom is 0.411 e. The first-order valence-electron chi connectivity index (χ1n) is 7.72. The first kappa shape index (κ1) is 17.0. The fraction of sp³-hybridized carbons (Fsp3) is 0.235. The first-order valence-corrected chi connectivity index (χ1v) is 8.60. The van der Waals surface area contributed by atoms with E-state index in [9.17, 15) is 9.59 Å². The minimum atomic E-state index is -0.581. The van der Waals surface area contributed by atoms with Gasteiger partial charge in [-0.05, 0) is 36.1 Å². The van der Waals surface area contributed by atoms with E-state index in [1.54, 1.807) is 24.3 Å². The van der Waals surface area contributed by atoms with Gasteiger partial charge in [-0.1, -0.05) is 6.92 Å². The van der Waals surface area contributed by atoms with Gasteiger partial charge in [0, 0.05) is 5.69 Å². The van der Waals surface area contributed by atoms with Crippen molar-refractivity contribution in [3.05, 3.63) is 40.0 Å². The number of methoxy groups -OCH3 is 1. The van der Waals surface area contributed by atoms with Gasteiger partial charge in [-0.15, -0.1) is 11.3 Å². The van der Waals surface area contributed by atoms with E-state index in [-0.39, 0.29) is 5.56 Å². The molecule has 3 rings (SSSR count). The second kappa shape index (κ2) is 7.35. The molecule has 3 aromatic rings. The Morgan fingerprint density at radius 1 is 1.36 bits per heavy atom. The number of ether oxygens (including phenoxy) is 2. The first-order chi connectivity index (χ1) is 12.1. The van der Waals surface area contributed by atoms with Crippen LogP contribution < -0.4 is 15.6 Å². The van der Waals surface area contributed by atoms with Crippen LogP contribution >= 0.6 is 11.3 Å². The second-order valence-corrected chi connectivity index (χ2v) is 6.14. The Morgan fingerprint density at radius 3 is 2.96 bits per heavy atom. The van der Waals surface area contributed by atoms with Gasteiger partial charge in [-0.3, -0.25) is 10.1 Å². The van der Waals surface area contributed by atoms with Crippen molar-refractivity contribution < 1.29 is 14.3 Å². The van der Waals surface area contributed by atoms with Crippen molar-refractivity contribution in [2.45, 2.75) is 13.3 Å². The van der Waals surface area contributed by atoms with Gasteiger partial charge in [0.2, 0.25) is 0 Å². The molecule has 0 saturated heterocycles. The molecule has 0 unspecified atom stereocenters. The Kier molecular flexibility index (Phi) is 4.99. The zero-order chi connectivity index (χ0) is 17.8. The highest BCUT2D eigenvalue weighted by Crippen LogP contribution is 2.31. The van der Waals surface area contributed by atoms with Crippen molar-refractivity contribution in [1.82, 2.24) is 9.97 Å². The minimum Gasteiger partial charge on any atom is -0.493 e. The molecule has 0 aliphatic heterocycles. The number of aromatic amines is 1. The molecule has 0 spiro atoms. The van der Waals surface area contributed by atoms with Crippen LogP contribution in [0.1, 0.15) is 13.3 Å². The van der Waals surface area contributed by atoms with Gasteiger partial charge in [0.15, 0.2) is 0 Å². The molecule has 0 radical (unpaired) electrons. The summed E-state index contributed by atoms with van der Waals surface area (Å²) in [6.45, 7) is 2.53. The molecule has 0 aliphatic carbocycles. The number of nitrogens with one attached hydrogen (secondary N) is 2. The maximum atomic E-state index is 12.3. The van der Waals surface area contributed by atoms with E-state index in [1.165, 1.54) is 18.4 Å². The molecule has 0 atom stereocenters. The molecule has 2 heterocycles. The van der Waals surface area contributed by atoms with Gasteiger partial charge >= 0.3 is 6.09 Å². The molecule has 2 aromatic heterocycles. The number of hydrogen-bond acceptors (Lipinski definition) is 6. The van der Waals surface area contributed by atoms with Gasteiger partial charge in [-0.25, -0.2) is 9.78 Å². The van der Waals surface area contributed by atoms with Gasteiger partial charge in [-0.2, -0.15) is 0 Å². The topological polar surface area (TPSA) is 93.3 Å². The van der Waals surface area contributed by atoms with Gasteiger partial charge in [0.05, 0.1) is 24.8 Å². The Morgan fingerprint density at radius 2 is 2.20 bits per heavy atom. The SMILES string of the molecule is CCCOc1ccc(NC(=O)OC)cc1-c1nc2ccsc2c(=O)[nH]1. The molecule has 130 valence electrons. The average Bonchev–Trinajstić information content (AvgIpc) is 3.09. The standard InChI is InChI=1S/C17H17N3O4S/c1-3-7-24-13-5-4-10(18-17(22)23-2)9-11(13)15-19-12-6-8-25-14(12)16(21)20-15/h4-6,8-9H,3,7H2,1-2H3,(H,18,22)(H,19,20,21). The number of thiophene rings is 1. The Hall–Kier alpha value is -2.87. The number of hydrogen-bond donors (Lipinski definition) is 2. The summed E-state index contributed by atoms with van der Waals surface area (Å²) >= 11 is 1.34. The van der Waals surface area contributed by atoms with Crippen LogP contribution in [-0.2, 0) is 4.74 Å². The highest BCUT2D eigenvalue weighted by molar-refractivity contribution is 7.17. The van der Waals surface area contributed by atoms with Crippen LogP contribution in [0.25, 0.3) is 21.6 Å². The van der Waals surface area contributed by atoms with Crippen molar-refractivity contribution in [3.8, 4) is 17.1 Å². The Labute approximate surface area is 147 Å². The quantitative estimate of drug-likeness (QED) is 0.726. The summed E-state index contributed by atoms with van der Waals surface area (Å²) in [6, 6.07) is 6.92. The highest BCUT2D eigenvalue weighted by Gasteiger charge is 2.14. The summed E-state index contributed by atoms with van der Waals surface area (Å²) in [5.41, 5.74) is 1.52. The predicted octanol–water partition coefficient (Wildman–Crippen LogP) is 3.62. The third-order valence-corrected chi connectivity index (χ3v) is 4.35. The number of H-pyrrole nitrogens is 1. The normalized spacial score (nSPS) is 10.6. The van der Waals surface area contributed by atoms with Gasteiger partial charge < -0.3 is 14.5 Å². The lowest BCUT2D eigenvalue weighted by atomic mass is 10.1. The lowest BCUT2D eigenvalue weighted by Gasteiger charge is -2.13. The van der Waals surface area contributed by atoms with Crippen LogP contribution in [0.5, 0.6) is 5.75 Å². The van der Waals surface area contributed by atoms with Crippen LogP contribution in [0.3, 0.4) is 0 Å². The Balaban J connectivity index is 2.10. The smallest absolute Gasteiger partial charge is 0.411 e. The summed E-state index contributed by atoms with van der Waals surface area (Å²) < 4.78 is 10.9. The predicted molar refractivity (Wildman–Crippen MR) is 97.5 cm³/mol. The number of benzene rings is 1. The van der Waals surface area contributed by atoms with Crippen LogP contribution in [0.4, 0.5) is 10.5 Å². The van der Waals surface area contributed by atoms with Crippen LogP contribution in [-0.4, -0.2) is 29.8 Å². The van der Waals surface area contributed by atoms with Crippen molar-refractivity contribution >= 4 is 33.3 Å². The highest BCUT2D eigenvalue weighted by atomic mass is 32.1. The number of carbonyl (C=O) groups is 1. The molecule has 1 amide bonds. The zero-order valence-corrected chi connectivity index (χ0v) is 14.6. The summed E-state index contributed by atoms with van der Waals surface area (Å²) in [5, 5.41) is 4.42. The van der Waals surface area contributed by atoms with Crippen molar-refractivity contribution in [1.29, 1.82) is 0 Å². The monoisotopic (exact) mass is 359 g/mol. The van der Waals surface area contributed by atoms with Crippen molar-refractivity contribution in [2.75, 3.05) is 19.0 Å². The third kappa shape index (κ3) is 3.63. The molecule has 7 nitrogen and oxygen atoms in total. The Bertz CT molecular complexity index is 964. The van der Waals surface area contributed by atoms with Crippen LogP contribution in [0.2, 0.25) is 0 Å². The molecular weight excluding hydrogens is 342 g/mol. The van der Waals surface area contributed by atoms with E-state index >= 15 is 0 Å². The molecule has 8 heteroatoms. The van der Waals surface area contributed by atoms with Crippen LogP contribution in [0, 0.1) is 0 Å². The lowest BCUT2D eigenvalue weighted by Crippen LogP contribution is -2.12. The molecule has 0 saturated carbocycles. The van der Waals surface area contributed by atoms with E-state index in [4.69, 9.17) is 4.74 Å². The molecule has 25 heavy (non-hydrogen) atoms. The summed E-state index contributed by atoms with van der Waals surface area (Å²) in [6.07, 6.45) is 0.262. The zero-order valence-electron chi connectivity index (χ0n) is 13.8. The number of amides is 1. The van der Waals surface area contributed by atoms with E-state index in [2.05, 4.69) is 20.0 Å². The molecule has 0 bridgehead atoms. The van der Waals surface area contributed by atoms with E-state index < -0.39 is 6.09 Å².